The van der Waals surface area contributed by atoms with Gasteiger partial charge in [0.15, 0.2) is 0 Å². The van der Waals surface area contributed by atoms with Gasteiger partial charge in [-0.15, -0.1) is 6.58 Å². The molecule has 0 spiro atoms. The molecule has 1 aliphatic rings. The van der Waals surface area contributed by atoms with Crippen LogP contribution >= 0.6 is 0 Å². The van der Waals surface area contributed by atoms with E-state index in [-0.39, 0.29) is 5.54 Å². The van der Waals surface area contributed by atoms with Crippen molar-refractivity contribution in [2.75, 3.05) is 0 Å². The first-order valence-electron chi connectivity index (χ1n) is 3.82. The fourth-order valence-corrected chi connectivity index (χ4v) is 1.31. The van der Waals surface area contributed by atoms with Crippen LogP contribution in [0.4, 0.5) is 0 Å². The minimum absolute atomic E-state index is 0.0637. The van der Waals surface area contributed by atoms with Crippen molar-refractivity contribution in [2.24, 2.45) is 5.73 Å². The van der Waals surface area contributed by atoms with Crippen molar-refractivity contribution in [1.29, 1.82) is 0 Å². The van der Waals surface area contributed by atoms with Crippen LogP contribution in [0.5, 0.6) is 0 Å². The summed E-state index contributed by atoms with van der Waals surface area (Å²) in [6.45, 7) is 3.68. The highest BCUT2D eigenvalue weighted by atomic mass is 14.7. The molecule has 0 aromatic rings. The summed E-state index contributed by atoms with van der Waals surface area (Å²) in [7, 11) is 0. The lowest BCUT2D eigenvalue weighted by Crippen LogP contribution is -2.36. The first-order valence-corrected chi connectivity index (χ1v) is 3.82. The second-order valence-corrected chi connectivity index (χ2v) is 3.07. The molecular weight excluding hydrogens is 122 g/mol. The zero-order valence-corrected chi connectivity index (χ0v) is 6.34. The van der Waals surface area contributed by atoms with Gasteiger partial charge in [0.25, 0.3) is 0 Å². The molecule has 1 heteroatoms. The van der Waals surface area contributed by atoms with E-state index >= 15 is 0 Å². The Labute approximate surface area is 62.6 Å². The molecule has 2 N–H and O–H groups in total. The second-order valence-electron chi connectivity index (χ2n) is 3.07. The van der Waals surface area contributed by atoms with Crippen LogP contribution in [0.15, 0.2) is 24.8 Å². The van der Waals surface area contributed by atoms with Gasteiger partial charge in [-0.2, -0.15) is 0 Å². The van der Waals surface area contributed by atoms with E-state index in [1.807, 2.05) is 6.08 Å². The lowest BCUT2D eigenvalue weighted by atomic mass is 9.92. The smallest absolute Gasteiger partial charge is 0.0227 e. The van der Waals surface area contributed by atoms with Crippen molar-refractivity contribution in [2.45, 2.75) is 31.2 Å². The molecule has 0 saturated heterocycles. The Kier molecular flexibility index (Phi) is 2.28. The average Bonchev–Trinajstić information content (AvgIpc) is 2.33. The van der Waals surface area contributed by atoms with Gasteiger partial charge in [0.05, 0.1) is 0 Å². The Morgan fingerprint density at radius 2 is 2.10 bits per heavy atom. The van der Waals surface area contributed by atoms with Crippen molar-refractivity contribution in [3.8, 4) is 0 Å². The lowest BCUT2D eigenvalue weighted by molar-refractivity contribution is 0.424. The van der Waals surface area contributed by atoms with Gasteiger partial charge in [-0.1, -0.05) is 18.2 Å². The Hall–Kier alpha value is -0.560. The standard InChI is InChI=1S/C9H15N/c1-2-3-6-9(10)7-4-5-8-9/h2,4-5H,1,3,6-8,10H2. The molecule has 10 heavy (non-hydrogen) atoms. The summed E-state index contributed by atoms with van der Waals surface area (Å²) in [4.78, 5) is 0. The fraction of sp³-hybridized carbons (Fsp3) is 0.556. The highest BCUT2D eigenvalue weighted by molar-refractivity contribution is 5.06. The van der Waals surface area contributed by atoms with Gasteiger partial charge in [0.2, 0.25) is 0 Å². The maximum absolute atomic E-state index is 6.03. The monoisotopic (exact) mass is 137 g/mol. The minimum Gasteiger partial charge on any atom is -0.325 e. The maximum atomic E-state index is 6.03. The largest absolute Gasteiger partial charge is 0.325 e. The molecule has 56 valence electrons. The van der Waals surface area contributed by atoms with Crippen molar-refractivity contribution in [1.82, 2.24) is 0 Å². The summed E-state index contributed by atoms with van der Waals surface area (Å²) < 4.78 is 0. The van der Waals surface area contributed by atoms with Crippen LogP contribution in [-0.2, 0) is 0 Å². The van der Waals surface area contributed by atoms with E-state index in [9.17, 15) is 0 Å². The first kappa shape index (κ1) is 7.55. The van der Waals surface area contributed by atoms with E-state index in [1.54, 1.807) is 0 Å². The van der Waals surface area contributed by atoms with Crippen LogP contribution in [0, 0.1) is 0 Å². The van der Waals surface area contributed by atoms with E-state index in [2.05, 4.69) is 18.7 Å². The first-order chi connectivity index (χ1) is 4.77. The van der Waals surface area contributed by atoms with Gasteiger partial charge in [0, 0.05) is 5.54 Å². The molecule has 0 radical (unpaired) electrons. The minimum atomic E-state index is 0.0637. The third-order valence-corrected chi connectivity index (χ3v) is 2.06. The molecule has 0 saturated carbocycles. The Bertz CT molecular complexity index is 139. The third kappa shape index (κ3) is 1.71. The van der Waals surface area contributed by atoms with Crippen molar-refractivity contribution >= 4 is 0 Å². The second kappa shape index (κ2) is 3.02. The maximum Gasteiger partial charge on any atom is 0.0227 e. The van der Waals surface area contributed by atoms with Crippen LogP contribution < -0.4 is 5.73 Å². The van der Waals surface area contributed by atoms with Gasteiger partial charge in [-0.25, -0.2) is 0 Å². The molecule has 0 aliphatic heterocycles. The van der Waals surface area contributed by atoms with E-state index in [1.165, 1.54) is 0 Å². The van der Waals surface area contributed by atoms with Crippen LogP contribution in [0.1, 0.15) is 25.7 Å². The quantitative estimate of drug-likeness (QED) is 0.591. The number of rotatable bonds is 3. The summed E-state index contributed by atoms with van der Waals surface area (Å²) in [6, 6.07) is 0. The summed E-state index contributed by atoms with van der Waals surface area (Å²) in [6.07, 6.45) is 10.5. The topological polar surface area (TPSA) is 26.0 Å². The number of nitrogens with two attached hydrogens (primary N) is 1. The van der Waals surface area contributed by atoms with Crippen molar-refractivity contribution < 1.29 is 0 Å². The van der Waals surface area contributed by atoms with E-state index in [4.69, 9.17) is 5.73 Å². The van der Waals surface area contributed by atoms with Gasteiger partial charge >= 0.3 is 0 Å². The van der Waals surface area contributed by atoms with Crippen molar-refractivity contribution in [3.63, 3.8) is 0 Å². The highest BCUT2D eigenvalue weighted by Gasteiger charge is 2.24. The molecular formula is C9H15N. The van der Waals surface area contributed by atoms with Gasteiger partial charge < -0.3 is 5.73 Å². The van der Waals surface area contributed by atoms with E-state index in [0.717, 1.165) is 25.7 Å². The predicted octanol–water partition coefficient (Wildman–Crippen LogP) is 2.00. The molecule has 0 heterocycles. The molecule has 0 fully saturated rings. The normalized spacial score (nSPS) is 21.3. The number of allylic oxidation sites excluding steroid dienone is 1. The highest BCUT2D eigenvalue weighted by Crippen LogP contribution is 2.25. The molecule has 0 aromatic carbocycles. The summed E-state index contributed by atoms with van der Waals surface area (Å²) in [5.74, 6) is 0. The predicted molar refractivity (Wildman–Crippen MR) is 44.7 cm³/mol. The third-order valence-electron chi connectivity index (χ3n) is 2.06. The van der Waals surface area contributed by atoms with Crippen LogP contribution in [0.3, 0.4) is 0 Å². The number of hydrogen-bond acceptors (Lipinski definition) is 1. The number of hydrogen-bond donors (Lipinski definition) is 1. The SMILES string of the molecule is C=CCCC1(N)CC=CC1. The summed E-state index contributed by atoms with van der Waals surface area (Å²) in [5, 5.41) is 0. The van der Waals surface area contributed by atoms with Gasteiger partial charge in [0.1, 0.15) is 0 Å². The molecule has 1 aliphatic carbocycles. The van der Waals surface area contributed by atoms with Crippen LogP contribution in [-0.4, -0.2) is 5.54 Å². The molecule has 0 atom stereocenters. The van der Waals surface area contributed by atoms with Crippen molar-refractivity contribution in [3.05, 3.63) is 24.8 Å². The van der Waals surface area contributed by atoms with Crippen LogP contribution in [0.2, 0.25) is 0 Å². The average molecular weight is 137 g/mol. The Morgan fingerprint density at radius 3 is 2.60 bits per heavy atom. The molecule has 0 unspecified atom stereocenters. The van der Waals surface area contributed by atoms with Gasteiger partial charge in [-0.3, -0.25) is 0 Å². The molecule has 0 bridgehead atoms. The molecule has 1 nitrogen and oxygen atoms in total. The van der Waals surface area contributed by atoms with E-state index in [0.29, 0.717) is 0 Å². The molecule has 1 rings (SSSR count). The summed E-state index contributed by atoms with van der Waals surface area (Å²) >= 11 is 0. The van der Waals surface area contributed by atoms with E-state index < -0.39 is 0 Å². The molecule has 0 amide bonds. The summed E-state index contributed by atoms with van der Waals surface area (Å²) in [5.41, 5.74) is 6.10. The fourth-order valence-electron chi connectivity index (χ4n) is 1.31. The Morgan fingerprint density at radius 1 is 1.50 bits per heavy atom. The van der Waals surface area contributed by atoms with Gasteiger partial charge in [-0.05, 0) is 25.7 Å². The Balaban J connectivity index is 2.31. The molecule has 0 aromatic heterocycles. The lowest BCUT2D eigenvalue weighted by Gasteiger charge is -2.22. The zero-order chi connectivity index (χ0) is 7.45. The van der Waals surface area contributed by atoms with Crippen LogP contribution in [0.25, 0.3) is 0 Å². The zero-order valence-electron chi connectivity index (χ0n) is 6.34.